The van der Waals surface area contributed by atoms with E-state index >= 15 is 0 Å². The summed E-state index contributed by atoms with van der Waals surface area (Å²) in [6.45, 7) is 0. The van der Waals surface area contributed by atoms with Crippen LogP contribution in [0.2, 0.25) is 0 Å². The summed E-state index contributed by atoms with van der Waals surface area (Å²) in [6.07, 6.45) is 0.387. The van der Waals surface area contributed by atoms with Gasteiger partial charge in [-0.25, -0.2) is 13.2 Å². The Morgan fingerprint density at radius 3 is 2.25 bits per heavy atom. The van der Waals surface area contributed by atoms with Gasteiger partial charge in [0.1, 0.15) is 6.29 Å². The van der Waals surface area contributed by atoms with Crippen LogP contribution in [0.4, 0.5) is 18.9 Å². The number of carbonyl (C=O) groups is 1. The molecule has 0 aliphatic rings. The van der Waals surface area contributed by atoms with Crippen molar-refractivity contribution >= 4 is 12.0 Å². The molecular formula is C13H6F3NO3. The molecule has 2 aromatic rings. The number of carbonyl (C=O) groups excluding carboxylic acids is 1. The summed E-state index contributed by atoms with van der Waals surface area (Å²) in [5, 5.41) is 10.9. The van der Waals surface area contributed by atoms with Crippen molar-refractivity contribution in [2.45, 2.75) is 0 Å². The van der Waals surface area contributed by atoms with E-state index in [1.165, 1.54) is 6.07 Å². The molecule has 0 saturated carbocycles. The highest BCUT2D eigenvalue weighted by Crippen LogP contribution is 2.33. The zero-order chi connectivity index (χ0) is 14.9. The van der Waals surface area contributed by atoms with Gasteiger partial charge in [-0.3, -0.25) is 14.9 Å². The van der Waals surface area contributed by atoms with Gasteiger partial charge in [-0.1, -0.05) is 6.07 Å². The lowest BCUT2D eigenvalue weighted by atomic mass is 10.0. The highest BCUT2D eigenvalue weighted by atomic mass is 19.2. The van der Waals surface area contributed by atoms with Gasteiger partial charge in [0.25, 0.3) is 5.69 Å². The predicted octanol–water partition coefficient (Wildman–Crippen LogP) is 3.49. The number of hydrogen-bond donors (Lipinski definition) is 0. The summed E-state index contributed by atoms with van der Waals surface area (Å²) in [6, 6.07) is 4.83. The summed E-state index contributed by atoms with van der Waals surface area (Å²) in [5.74, 6) is -4.62. The van der Waals surface area contributed by atoms with Gasteiger partial charge in [-0.05, 0) is 18.2 Å². The van der Waals surface area contributed by atoms with Crippen LogP contribution in [-0.2, 0) is 0 Å². The highest BCUT2D eigenvalue weighted by Gasteiger charge is 2.22. The monoisotopic (exact) mass is 281 g/mol. The maximum atomic E-state index is 13.7. The molecule has 0 spiro atoms. The molecular weight excluding hydrogens is 275 g/mol. The highest BCUT2D eigenvalue weighted by molar-refractivity contribution is 5.82. The Hall–Kier alpha value is -2.70. The van der Waals surface area contributed by atoms with Crippen LogP contribution in [0.15, 0.2) is 30.3 Å². The molecule has 0 N–H and O–H groups in total. The summed E-state index contributed by atoms with van der Waals surface area (Å²) in [7, 11) is 0. The molecule has 0 amide bonds. The van der Waals surface area contributed by atoms with Gasteiger partial charge in [-0.15, -0.1) is 0 Å². The van der Waals surface area contributed by atoms with Gasteiger partial charge in [0.15, 0.2) is 17.5 Å². The first-order valence-corrected chi connectivity index (χ1v) is 5.33. The van der Waals surface area contributed by atoms with Crippen molar-refractivity contribution < 1.29 is 22.9 Å². The molecule has 20 heavy (non-hydrogen) atoms. The van der Waals surface area contributed by atoms with E-state index in [-0.39, 0.29) is 11.1 Å². The second-order valence-corrected chi connectivity index (χ2v) is 3.87. The van der Waals surface area contributed by atoms with Crippen molar-refractivity contribution in [1.82, 2.24) is 0 Å². The lowest BCUT2D eigenvalue weighted by Crippen LogP contribution is -1.98. The SMILES string of the molecule is O=Cc1ccc(-c2ccc(F)c(F)c2F)c([N+](=O)[O-])c1. The molecule has 2 rings (SSSR count). The van der Waals surface area contributed by atoms with E-state index in [4.69, 9.17) is 0 Å². The van der Waals surface area contributed by atoms with Crippen LogP contribution >= 0.6 is 0 Å². The van der Waals surface area contributed by atoms with Crippen molar-refractivity contribution in [2.24, 2.45) is 0 Å². The zero-order valence-electron chi connectivity index (χ0n) is 9.77. The number of halogens is 3. The van der Waals surface area contributed by atoms with Gasteiger partial charge in [-0.2, -0.15) is 0 Å². The van der Waals surface area contributed by atoms with E-state index < -0.39 is 33.6 Å². The average molecular weight is 281 g/mol. The summed E-state index contributed by atoms with van der Waals surface area (Å²) >= 11 is 0. The molecule has 0 bridgehead atoms. The molecule has 7 heteroatoms. The summed E-state index contributed by atoms with van der Waals surface area (Å²) < 4.78 is 39.7. The molecule has 0 aromatic heterocycles. The number of nitrogens with zero attached hydrogens (tertiary/aromatic N) is 1. The largest absolute Gasteiger partial charge is 0.298 e. The average Bonchev–Trinajstić information content (AvgIpc) is 2.44. The summed E-state index contributed by atoms with van der Waals surface area (Å²) in [4.78, 5) is 20.7. The molecule has 0 unspecified atom stereocenters. The fourth-order valence-corrected chi connectivity index (χ4v) is 1.73. The van der Waals surface area contributed by atoms with Crippen molar-refractivity contribution in [3.05, 3.63) is 63.5 Å². The van der Waals surface area contributed by atoms with Gasteiger partial charge in [0, 0.05) is 17.2 Å². The second kappa shape index (κ2) is 5.12. The Morgan fingerprint density at radius 2 is 1.65 bits per heavy atom. The fraction of sp³-hybridized carbons (Fsp3) is 0. The number of nitro benzene ring substituents is 1. The number of hydrogen-bond acceptors (Lipinski definition) is 3. The van der Waals surface area contributed by atoms with Crippen LogP contribution in [-0.4, -0.2) is 11.2 Å². The number of rotatable bonds is 3. The van der Waals surface area contributed by atoms with Gasteiger partial charge >= 0.3 is 0 Å². The maximum absolute atomic E-state index is 13.7. The number of nitro groups is 1. The molecule has 0 saturated heterocycles. The molecule has 102 valence electrons. The Kier molecular flexibility index (Phi) is 3.51. The van der Waals surface area contributed by atoms with E-state index in [1.54, 1.807) is 0 Å². The molecule has 0 radical (unpaired) electrons. The third-order valence-electron chi connectivity index (χ3n) is 2.68. The summed E-state index contributed by atoms with van der Waals surface area (Å²) in [5.41, 5.74) is -1.24. The van der Waals surface area contributed by atoms with Crippen LogP contribution < -0.4 is 0 Å². The van der Waals surface area contributed by atoms with E-state index in [1.807, 2.05) is 0 Å². The Balaban J connectivity index is 2.73. The lowest BCUT2D eigenvalue weighted by molar-refractivity contribution is -0.384. The van der Waals surface area contributed by atoms with Crippen LogP contribution in [0.5, 0.6) is 0 Å². The number of benzene rings is 2. The molecule has 2 aromatic carbocycles. The number of aldehydes is 1. The van der Waals surface area contributed by atoms with Crippen molar-refractivity contribution in [3.63, 3.8) is 0 Å². The first-order chi connectivity index (χ1) is 9.45. The lowest BCUT2D eigenvalue weighted by Gasteiger charge is -2.06. The minimum atomic E-state index is -1.71. The first-order valence-electron chi connectivity index (χ1n) is 5.33. The predicted molar refractivity (Wildman–Crippen MR) is 63.8 cm³/mol. The fourth-order valence-electron chi connectivity index (χ4n) is 1.73. The quantitative estimate of drug-likeness (QED) is 0.374. The van der Waals surface area contributed by atoms with Crippen LogP contribution in [0.1, 0.15) is 10.4 Å². The Labute approximate surface area is 110 Å². The Bertz CT molecular complexity index is 716. The molecule has 0 fully saturated rings. The third kappa shape index (κ3) is 2.25. The molecule has 0 aliphatic heterocycles. The van der Waals surface area contributed by atoms with E-state index in [0.717, 1.165) is 18.2 Å². The molecule has 0 heterocycles. The standard InChI is InChI=1S/C13H6F3NO3/c14-10-4-3-9(12(15)13(10)16)8-2-1-7(6-18)5-11(8)17(19)20/h1-6H. The van der Waals surface area contributed by atoms with Gasteiger partial charge < -0.3 is 0 Å². The van der Waals surface area contributed by atoms with Crippen molar-refractivity contribution in [2.75, 3.05) is 0 Å². The third-order valence-corrected chi connectivity index (χ3v) is 2.68. The second-order valence-electron chi connectivity index (χ2n) is 3.87. The smallest absolute Gasteiger partial charge is 0.278 e. The van der Waals surface area contributed by atoms with E-state index in [2.05, 4.69) is 0 Å². The van der Waals surface area contributed by atoms with Crippen LogP contribution in [0.3, 0.4) is 0 Å². The Morgan fingerprint density at radius 1 is 1.00 bits per heavy atom. The van der Waals surface area contributed by atoms with Gasteiger partial charge in [0.2, 0.25) is 0 Å². The molecule has 0 aliphatic carbocycles. The van der Waals surface area contributed by atoms with Crippen LogP contribution in [0.25, 0.3) is 11.1 Å². The molecule has 4 nitrogen and oxygen atoms in total. The molecule has 0 atom stereocenters. The topological polar surface area (TPSA) is 60.2 Å². The van der Waals surface area contributed by atoms with Crippen molar-refractivity contribution in [3.8, 4) is 11.1 Å². The van der Waals surface area contributed by atoms with E-state index in [9.17, 15) is 28.1 Å². The minimum absolute atomic E-state index is 0.0171. The zero-order valence-corrected chi connectivity index (χ0v) is 9.77. The van der Waals surface area contributed by atoms with Gasteiger partial charge in [0.05, 0.1) is 10.5 Å². The minimum Gasteiger partial charge on any atom is -0.298 e. The van der Waals surface area contributed by atoms with Crippen molar-refractivity contribution in [1.29, 1.82) is 0 Å². The van der Waals surface area contributed by atoms with E-state index in [0.29, 0.717) is 12.4 Å². The maximum Gasteiger partial charge on any atom is 0.278 e. The van der Waals surface area contributed by atoms with Crippen LogP contribution in [0, 0.1) is 27.6 Å². The normalized spacial score (nSPS) is 10.3. The first kappa shape index (κ1) is 13.7.